The van der Waals surface area contributed by atoms with Crippen molar-refractivity contribution in [3.05, 3.63) is 179 Å². The number of ether oxygens (including phenoxy) is 4. The molecule has 8 rings (SSSR count). The molecule has 16 nitrogen and oxygen atoms in total. The number of unbranched alkanes of at least 4 members (excludes halogenated alkanes) is 1. The lowest BCUT2D eigenvalue weighted by Crippen LogP contribution is -2.60. The summed E-state index contributed by atoms with van der Waals surface area (Å²) in [6, 6.07) is 40.5. The Morgan fingerprint density at radius 2 is 1.04 bits per heavy atom. The van der Waals surface area contributed by atoms with E-state index >= 15 is 0 Å². The molecular weight excluding hydrogens is 917 g/mol. The molecule has 16 heteroatoms. The molecule has 3 unspecified atom stereocenters. The van der Waals surface area contributed by atoms with Gasteiger partial charge in [-0.05, 0) is 103 Å². The number of carboxylic acid groups (broad SMARTS) is 1. The first-order valence-electron chi connectivity index (χ1n) is 24.1. The van der Waals surface area contributed by atoms with Crippen LogP contribution in [0.25, 0.3) is 11.1 Å². The molecule has 372 valence electrons. The van der Waals surface area contributed by atoms with Crippen LogP contribution in [0.5, 0.6) is 23.0 Å². The highest BCUT2D eigenvalue weighted by molar-refractivity contribution is 5.99. The van der Waals surface area contributed by atoms with Gasteiger partial charge in [0.25, 0.3) is 24.4 Å². The summed E-state index contributed by atoms with van der Waals surface area (Å²) in [5.41, 5.74) is 18.5. The third-order valence-corrected chi connectivity index (χ3v) is 12.4. The molecule has 2 aliphatic heterocycles. The number of carbonyl (C=O) groups excluding carboxylic acids is 4. The summed E-state index contributed by atoms with van der Waals surface area (Å²) in [6.45, 7) is 2.19. The Bertz CT molecular complexity index is 2850. The van der Waals surface area contributed by atoms with Gasteiger partial charge in [0.15, 0.2) is 29.2 Å². The maximum Gasteiger partial charge on any atom is 0.326 e. The Hall–Kier alpha value is -8.21. The maximum atomic E-state index is 14.1. The molecular formula is C56H58N6O10. The van der Waals surface area contributed by atoms with Crippen molar-refractivity contribution < 1.29 is 48.0 Å². The molecule has 0 saturated carbocycles. The summed E-state index contributed by atoms with van der Waals surface area (Å²) < 4.78 is 24.0. The zero-order valence-electron chi connectivity index (χ0n) is 39.8. The van der Waals surface area contributed by atoms with Crippen LogP contribution in [0.4, 0.5) is 0 Å². The number of aryl methyl sites for hydroxylation is 2. The molecule has 6 atom stereocenters. The molecule has 2 aliphatic rings. The van der Waals surface area contributed by atoms with Crippen LogP contribution in [0.1, 0.15) is 83.4 Å². The van der Waals surface area contributed by atoms with Gasteiger partial charge in [-0.1, -0.05) is 123 Å². The fourth-order valence-corrected chi connectivity index (χ4v) is 8.37. The van der Waals surface area contributed by atoms with Crippen LogP contribution >= 0.6 is 0 Å². The van der Waals surface area contributed by atoms with Crippen molar-refractivity contribution in [2.45, 2.75) is 88.7 Å². The van der Waals surface area contributed by atoms with Gasteiger partial charge in [0.05, 0.1) is 0 Å². The Morgan fingerprint density at radius 3 is 1.61 bits per heavy atom. The summed E-state index contributed by atoms with van der Waals surface area (Å²) in [4.78, 5) is 67.7. The minimum Gasteiger partial charge on any atom is -0.480 e. The normalized spacial score (nSPS) is 15.9. The first kappa shape index (κ1) is 50.2. The number of amides is 4. The van der Waals surface area contributed by atoms with Gasteiger partial charge in [0.1, 0.15) is 18.1 Å². The lowest BCUT2D eigenvalue weighted by molar-refractivity contribution is -0.142. The third-order valence-electron chi connectivity index (χ3n) is 12.4. The van der Waals surface area contributed by atoms with E-state index in [1.54, 1.807) is 42.5 Å². The molecule has 9 N–H and O–H groups in total. The van der Waals surface area contributed by atoms with E-state index in [0.29, 0.717) is 34.1 Å². The molecule has 0 aliphatic carbocycles. The molecule has 2 heterocycles. The van der Waals surface area contributed by atoms with Crippen LogP contribution in [-0.4, -0.2) is 65.5 Å². The number of aliphatic carboxylic acids is 1. The Kier molecular flexibility index (Phi) is 16.4. The minimum absolute atomic E-state index is 0.00496. The van der Waals surface area contributed by atoms with E-state index < -0.39 is 66.5 Å². The lowest BCUT2D eigenvalue weighted by Gasteiger charge is -2.25. The highest BCUT2D eigenvalue weighted by Crippen LogP contribution is 2.42. The molecule has 72 heavy (non-hydrogen) atoms. The average Bonchev–Trinajstić information content (AvgIpc) is 4.04. The zero-order chi connectivity index (χ0) is 50.6. The van der Waals surface area contributed by atoms with Gasteiger partial charge in [-0.15, -0.1) is 0 Å². The van der Waals surface area contributed by atoms with Gasteiger partial charge < -0.3 is 56.8 Å². The van der Waals surface area contributed by atoms with Crippen LogP contribution in [0.3, 0.4) is 0 Å². The van der Waals surface area contributed by atoms with Gasteiger partial charge in [-0.25, -0.2) is 4.79 Å². The van der Waals surface area contributed by atoms with E-state index in [-0.39, 0.29) is 32.2 Å². The second-order valence-corrected chi connectivity index (χ2v) is 17.7. The smallest absolute Gasteiger partial charge is 0.326 e. The number of fused-ring (bicyclic) bond motifs is 2. The van der Waals surface area contributed by atoms with E-state index in [1.165, 1.54) is 5.56 Å². The number of carboxylic acids is 1. The molecule has 0 fully saturated rings. The number of rotatable bonds is 22. The maximum absolute atomic E-state index is 14.1. The van der Waals surface area contributed by atoms with Gasteiger partial charge in [0.2, 0.25) is 11.8 Å². The number of benzene rings is 6. The molecule has 0 saturated heterocycles. The number of hydrogen-bond donors (Lipinski definition) is 7. The lowest BCUT2D eigenvalue weighted by atomic mass is 10.0. The van der Waals surface area contributed by atoms with E-state index in [0.717, 1.165) is 47.1 Å². The van der Waals surface area contributed by atoms with E-state index in [2.05, 4.69) is 52.5 Å². The average molecular weight is 975 g/mol. The van der Waals surface area contributed by atoms with E-state index in [9.17, 15) is 29.1 Å². The second-order valence-electron chi connectivity index (χ2n) is 17.7. The fraction of sp³-hybridized carbons (Fsp3) is 0.268. The van der Waals surface area contributed by atoms with Gasteiger partial charge in [-0.2, -0.15) is 0 Å². The first-order valence-corrected chi connectivity index (χ1v) is 24.1. The predicted molar refractivity (Wildman–Crippen MR) is 269 cm³/mol. The summed E-state index contributed by atoms with van der Waals surface area (Å²) in [7, 11) is 0. The van der Waals surface area contributed by atoms with Crippen LogP contribution in [0, 0.1) is 0 Å². The van der Waals surface area contributed by atoms with Crippen molar-refractivity contribution in [3.63, 3.8) is 0 Å². The molecule has 6 aromatic rings. The predicted octanol–water partition coefficient (Wildman–Crippen LogP) is 6.41. The number of hydrogen-bond acceptors (Lipinski definition) is 11. The van der Waals surface area contributed by atoms with Crippen molar-refractivity contribution in [3.8, 4) is 34.1 Å². The van der Waals surface area contributed by atoms with Crippen LogP contribution in [0.15, 0.2) is 146 Å². The highest BCUT2D eigenvalue weighted by Gasteiger charge is 2.32. The number of carbonyl (C=O) groups is 5. The molecule has 0 radical (unpaired) electrons. The molecule has 0 aromatic heterocycles. The number of nitrogens with one attached hydrogen (secondary N) is 4. The van der Waals surface area contributed by atoms with Crippen molar-refractivity contribution in [1.29, 1.82) is 0 Å². The summed E-state index contributed by atoms with van der Waals surface area (Å²) in [5, 5.41) is 20.5. The van der Waals surface area contributed by atoms with Gasteiger partial charge in [0, 0.05) is 23.1 Å². The van der Waals surface area contributed by atoms with Crippen LogP contribution in [-0.2, 0) is 38.4 Å². The highest BCUT2D eigenvalue weighted by atomic mass is 16.7. The largest absolute Gasteiger partial charge is 0.480 e. The zero-order valence-corrected chi connectivity index (χ0v) is 39.8. The van der Waals surface area contributed by atoms with Crippen LogP contribution < -0.4 is 51.7 Å². The Labute approximate surface area is 417 Å². The summed E-state index contributed by atoms with van der Waals surface area (Å²) in [5.74, 6) is -2.47. The van der Waals surface area contributed by atoms with Crippen molar-refractivity contribution >= 4 is 29.6 Å². The summed E-state index contributed by atoms with van der Waals surface area (Å²) in [6.07, 6.45) is 0.307. The third kappa shape index (κ3) is 12.8. The monoisotopic (exact) mass is 974 g/mol. The van der Waals surface area contributed by atoms with Gasteiger partial charge >= 0.3 is 5.97 Å². The van der Waals surface area contributed by atoms with Crippen molar-refractivity contribution in [1.82, 2.24) is 21.3 Å². The summed E-state index contributed by atoms with van der Waals surface area (Å²) >= 11 is 0. The Balaban J connectivity index is 0.929. The minimum atomic E-state index is -1.73. The molecule has 0 bridgehead atoms. The van der Waals surface area contributed by atoms with Crippen molar-refractivity contribution in [2.24, 2.45) is 11.5 Å². The Morgan fingerprint density at radius 1 is 0.542 bits per heavy atom. The molecule has 0 spiro atoms. The SMILES string of the molecule is CCCCc1ccc(-c2ccc(C(=O)N[C@@H](CCN)C(=O)N[C@@H](CCc3ccc4c(c3)OC(c3ccccc3)O4)C(=O)N[C@@H](N)C(=O)NC(Cc3ccc4c(c3)OC(c3ccccc3)O4)C(=O)O)cc2)cc1. The first-order chi connectivity index (χ1) is 34.9. The quantitative estimate of drug-likeness (QED) is 0.0365. The topological polar surface area (TPSA) is 243 Å². The molecule has 6 aromatic carbocycles. The number of nitrogens with two attached hydrogens (primary N) is 2. The molecule has 4 amide bonds. The fourth-order valence-electron chi connectivity index (χ4n) is 8.37. The van der Waals surface area contributed by atoms with E-state index in [1.807, 2.05) is 78.9 Å². The standard InChI is InChI=1S/C56H58N6O10/c1-2-3-10-34-15-20-37(21-16-34)38-22-24-39(25-23-38)50(63)59-43(29-30-57)51(64)60-42(26-17-35-18-27-45-47(32-35)71-55(69-45)40-11-6-4-7-12-40)52(65)62-49(58)53(66)61-44(54(67)68)31-36-19-28-46-48(33-36)72-56(70-46)41-13-8-5-9-14-41/h4-9,11-16,18-25,27-28,32-33,42-44,49,55-56H,2-3,10,17,26,29-31,57-58H2,1H3,(H,59,63)(H,60,64)(H,61,66)(H,62,65)(H,67,68)/t42-,43-,44?,49+,55?,56?/m0/s1. The van der Waals surface area contributed by atoms with Gasteiger partial charge in [-0.3, -0.25) is 19.2 Å². The van der Waals surface area contributed by atoms with Crippen LogP contribution in [0.2, 0.25) is 0 Å². The second kappa shape index (κ2) is 23.6. The van der Waals surface area contributed by atoms with E-state index in [4.69, 9.17) is 30.4 Å². The van der Waals surface area contributed by atoms with Crippen molar-refractivity contribution in [2.75, 3.05) is 6.54 Å².